The normalized spacial score (nSPS) is 16.9. The first-order valence-electron chi connectivity index (χ1n) is 15.3. The number of benzene rings is 2. The van der Waals surface area contributed by atoms with Crippen LogP contribution in [-0.4, -0.2) is 46.1 Å². The highest BCUT2D eigenvalue weighted by atomic mass is 32.1. The number of carbonyl (C=O) groups excluding carboxylic acids is 4. The summed E-state index contributed by atoms with van der Waals surface area (Å²) in [5.74, 6) is -1.06. The zero-order chi connectivity index (χ0) is 31.3. The second-order valence-corrected chi connectivity index (χ2v) is 12.5. The minimum Gasteiger partial charge on any atom is -0.384 e. The van der Waals surface area contributed by atoms with Crippen molar-refractivity contribution in [3.8, 4) is 0 Å². The predicted octanol–water partition coefficient (Wildman–Crippen LogP) is 5.80. The summed E-state index contributed by atoms with van der Waals surface area (Å²) >= 11 is 1.68. The maximum Gasteiger partial charge on any atom is 0.261 e. The summed E-state index contributed by atoms with van der Waals surface area (Å²) in [6.45, 7) is 4.74. The molecule has 1 saturated heterocycles. The average Bonchev–Trinajstić information content (AvgIpc) is 3.58. The molecule has 0 radical (unpaired) electrons. The number of unbranched alkanes of at least 4 members (excludes halogenated alkanes) is 3. The number of hydrogen-bond donors (Lipinski definition) is 3. The molecular formula is C35H35N5O4S. The molecule has 2 aliphatic heterocycles. The molecule has 10 heteroatoms. The Morgan fingerprint density at radius 3 is 2.69 bits per heavy atom. The van der Waals surface area contributed by atoms with Gasteiger partial charge in [-0.05, 0) is 54.5 Å². The Labute approximate surface area is 265 Å². The summed E-state index contributed by atoms with van der Waals surface area (Å²) in [6.07, 6.45) is 7.93. The Kier molecular flexibility index (Phi) is 9.02. The molecule has 0 bridgehead atoms. The van der Waals surface area contributed by atoms with E-state index in [-0.39, 0.29) is 36.6 Å². The molecule has 6 rings (SSSR count). The first-order chi connectivity index (χ1) is 21.9. The quantitative estimate of drug-likeness (QED) is 0.136. The molecule has 2 atom stereocenters. The fraction of sp³-hybridized carbons (Fsp3) is 0.286. The van der Waals surface area contributed by atoms with E-state index >= 15 is 0 Å². The smallest absolute Gasteiger partial charge is 0.261 e. The molecule has 2 aromatic heterocycles. The topological polar surface area (TPSA) is 120 Å². The lowest BCUT2D eigenvalue weighted by Gasteiger charge is -2.30. The van der Waals surface area contributed by atoms with Crippen LogP contribution in [0.4, 0.5) is 5.69 Å². The van der Waals surface area contributed by atoms with Crippen molar-refractivity contribution < 1.29 is 19.2 Å². The van der Waals surface area contributed by atoms with Gasteiger partial charge in [0, 0.05) is 58.3 Å². The van der Waals surface area contributed by atoms with Crippen LogP contribution in [0.15, 0.2) is 79.6 Å². The zero-order valence-electron chi connectivity index (χ0n) is 24.9. The molecule has 0 aliphatic carbocycles. The number of piperidine rings is 1. The molecule has 0 spiro atoms. The molecule has 3 N–H and O–H groups in total. The number of fused-ring (bicyclic) bond motifs is 2. The molecule has 1 fully saturated rings. The van der Waals surface area contributed by atoms with Crippen molar-refractivity contribution in [2.75, 3.05) is 11.9 Å². The van der Waals surface area contributed by atoms with Crippen LogP contribution in [0, 0.1) is 0 Å². The second-order valence-electron chi connectivity index (χ2n) is 11.4. The lowest BCUT2D eigenvalue weighted by molar-refractivity contribution is -0.136. The van der Waals surface area contributed by atoms with E-state index in [0.29, 0.717) is 35.5 Å². The van der Waals surface area contributed by atoms with E-state index < -0.39 is 11.9 Å². The number of rotatable bonds is 12. The number of nitrogens with one attached hydrogen (secondary N) is 3. The first kappa shape index (κ1) is 30.2. The summed E-state index contributed by atoms with van der Waals surface area (Å²) < 4.78 is 1.19. The highest BCUT2D eigenvalue weighted by molar-refractivity contribution is 7.19. The Bertz CT molecular complexity index is 1740. The van der Waals surface area contributed by atoms with E-state index in [2.05, 4.69) is 45.7 Å². The number of hydrogen-bond acceptors (Lipinski definition) is 7. The maximum atomic E-state index is 13.4. The Morgan fingerprint density at radius 2 is 1.89 bits per heavy atom. The van der Waals surface area contributed by atoms with E-state index in [9.17, 15) is 19.2 Å². The molecule has 4 heterocycles. The average molecular weight is 622 g/mol. The summed E-state index contributed by atoms with van der Waals surface area (Å²) in [4.78, 5) is 57.3. The van der Waals surface area contributed by atoms with Crippen molar-refractivity contribution >= 4 is 56.4 Å². The SMILES string of the molecule is C=C1c2cccc(NCCCCCCC(=O)NC(c3cccnc3)c3cc4ccccc4s3)c2C(=O)N1C1CCC(=O)NC1=O. The third kappa shape index (κ3) is 6.51. The van der Waals surface area contributed by atoms with E-state index in [4.69, 9.17) is 0 Å². The van der Waals surface area contributed by atoms with Gasteiger partial charge in [0.15, 0.2) is 0 Å². The van der Waals surface area contributed by atoms with Crippen LogP contribution >= 0.6 is 11.3 Å². The van der Waals surface area contributed by atoms with Crippen LogP contribution < -0.4 is 16.0 Å². The van der Waals surface area contributed by atoms with Crippen molar-refractivity contribution in [1.82, 2.24) is 20.5 Å². The number of anilines is 1. The van der Waals surface area contributed by atoms with E-state index in [1.54, 1.807) is 23.7 Å². The largest absolute Gasteiger partial charge is 0.384 e. The van der Waals surface area contributed by atoms with Crippen molar-refractivity contribution in [2.24, 2.45) is 0 Å². The van der Waals surface area contributed by atoms with Gasteiger partial charge in [-0.25, -0.2) is 0 Å². The molecule has 9 nitrogen and oxygen atoms in total. The number of carbonyl (C=O) groups is 4. The van der Waals surface area contributed by atoms with E-state index in [0.717, 1.165) is 41.5 Å². The predicted molar refractivity (Wildman–Crippen MR) is 175 cm³/mol. The summed E-state index contributed by atoms with van der Waals surface area (Å²) in [5, 5.41) is 10.1. The Balaban J connectivity index is 0.978. The van der Waals surface area contributed by atoms with Gasteiger partial charge >= 0.3 is 0 Å². The highest BCUT2D eigenvalue weighted by Crippen LogP contribution is 2.39. The molecule has 0 saturated carbocycles. The van der Waals surface area contributed by atoms with E-state index in [1.807, 2.05) is 42.5 Å². The highest BCUT2D eigenvalue weighted by Gasteiger charge is 2.42. The molecule has 4 amide bonds. The lowest BCUT2D eigenvalue weighted by atomic mass is 10.0. The molecule has 2 aliphatic rings. The van der Waals surface area contributed by atoms with Crippen molar-refractivity contribution in [1.29, 1.82) is 0 Å². The summed E-state index contributed by atoms with van der Waals surface area (Å²) in [5.41, 5.74) is 3.34. The fourth-order valence-corrected chi connectivity index (χ4v) is 7.18. The monoisotopic (exact) mass is 621 g/mol. The number of aromatic nitrogens is 1. The standard InChI is InChI=1S/C35H35N5O4S/c1-22-25-12-8-13-26(32(25)35(44)40(22)27-16-17-31(42)39-34(27)43)37-19-7-3-2-4-15-30(41)38-33(24-11-9-18-36-21-24)29-20-23-10-5-6-14-28(23)45-29/h5-6,8-14,18,20-21,27,33,37H,1-4,7,15-17,19H2,(H,38,41)(H,39,42,43). The lowest BCUT2D eigenvalue weighted by Crippen LogP contribution is -2.52. The van der Waals surface area contributed by atoms with Crippen molar-refractivity contribution in [2.45, 2.75) is 57.0 Å². The van der Waals surface area contributed by atoms with Gasteiger partial charge in [-0.15, -0.1) is 11.3 Å². The van der Waals surface area contributed by atoms with Crippen LogP contribution in [0.5, 0.6) is 0 Å². The fourth-order valence-electron chi connectivity index (χ4n) is 6.03. The van der Waals surface area contributed by atoms with Gasteiger partial charge in [-0.3, -0.25) is 34.4 Å². The summed E-state index contributed by atoms with van der Waals surface area (Å²) in [7, 11) is 0. The van der Waals surface area contributed by atoms with Crippen LogP contribution in [-0.2, 0) is 14.4 Å². The van der Waals surface area contributed by atoms with Crippen LogP contribution in [0.1, 0.15) is 77.3 Å². The van der Waals surface area contributed by atoms with Gasteiger partial charge in [-0.2, -0.15) is 0 Å². The van der Waals surface area contributed by atoms with Gasteiger partial charge in [0.2, 0.25) is 17.7 Å². The van der Waals surface area contributed by atoms with Gasteiger partial charge in [-0.1, -0.05) is 55.8 Å². The van der Waals surface area contributed by atoms with Crippen molar-refractivity contribution in [3.05, 3.63) is 101 Å². The van der Waals surface area contributed by atoms with Crippen LogP contribution in [0.3, 0.4) is 0 Å². The summed E-state index contributed by atoms with van der Waals surface area (Å²) in [6, 6.07) is 18.8. The second kappa shape index (κ2) is 13.4. The molecule has 4 aromatic rings. The third-order valence-corrected chi connectivity index (χ3v) is 9.50. The molecule has 2 unspecified atom stereocenters. The molecule has 230 valence electrons. The maximum absolute atomic E-state index is 13.4. The van der Waals surface area contributed by atoms with Gasteiger partial charge < -0.3 is 10.6 Å². The number of imide groups is 1. The molecule has 45 heavy (non-hydrogen) atoms. The molecular weight excluding hydrogens is 586 g/mol. The first-order valence-corrected chi connectivity index (χ1v) is 16.1. The molecule has 2 aromatic carbocycles. The van der Waals surface area contributed by atoms with Gasteiger partial charge in [0.25, 0.3) is 5.91 Å². The number of pyridine rings is 1. The van der Waals surface area contributed by atoms with Crippen molar-refractivity contribution in [3.63, 3.8) is 0 Å². The minimum absolute atomic E-state index is 0.0126. The zero-order valence-corrected chi connectivity index (χ0v) is 25.7. The number of amides is 4. The Hall–Kier alpha value is -4.83. The van der Waals surface area contributed by atoms with Gasteiger partial charge in [0.05, 0.1) is 11.6 Å². The van der Waals surface area contributed by atoms with E-state index in [1.165, 1.54) is 9.60 Å². The minimum atomic E-state index is -0.746. The Morgan fingerprint density at radius 1 is 1.04 bits per heavy atom. The number of thiophene rings is 1. The third-order valence-electron chi connectivity index (χ3n) is 8.32. The van der Waals surface area contributed by atoms with Crippen LogP contribution in [0.2, 0.25) is 0 Å². The van der Waals surface area contributed by atoms with Gasteiger partial charge in [0.1, 0.15) is 6.04 Å². The van der Waals surface area contributed by atoms with Crippen LogP contribution in [0.25, 0.3) is 15.8 Å². The number of nitrogens with zero attached hydrogens (tertiary/aromatic N) is 2.